The van der Waals surface area contributed by atoms with Crippen LogP contribution < -0.4 is 25.9 Å². The second-order valence-electron chi connectivity index (χ2n) is 8.11. The predicted octanol–water partition coefficient (Wildman–Crippen LogP) is 3.85. The fourth-order valence-corrected chi connectivity index (χ4v) is 3.57. The Morgan fingerprint density at radius 2 is 1.63 bits per heavy atom. The Bertz CT molecular complexity index is 1240. The van der Waals surface area contributed by atoms with Crippen LogP contribution in [0.5, 0.6) is 11.5 Å². The molecule has 0 saturated carbocycles. The number of benzene rings is 2. The van der Waals surface area contributed by atoms with Gasteiger partial charge < -0.3 is 9.47 Å². The molecule has 0 aliphatic rings. The van der Waals surface area contributed by atoms with Gasteiger partial charge in [0.05, 0.1) is 19.1 Å². The van der Waals surface area contributed by atoms with Crippen LogP contribution in [0.25, 0.3) is 10.8 Å². The topological polar surface area (TPSA) is 112 Å². The lowest BCUT2D eigenvalue weighted by atomic mass is 10.1. The van der Waals surface area contributed by atoms with Crippen LogP contribution >= 0.6 is 0 Å². The lowest BCUT2D eigenvalue weighted by molar-refractivity contribution is 0.0843. The lowest BCUT2D eigenvalue weighted by Crippen LogP contribution is -2.42. The minimum atomic E-state index is -0.620. The van der Waals surface area contributed by atoms with Crippen molar-refractivity contribution >= 4 is 22.6 Å². The standard InChI is InChI=1S/C26H32N4O5/c1-4-6-10-15-30-26(33)20-12-9-8-11-19(20)23(29-30)25(32)28-27-24(31)18-13-14-21(22(17-18)34-3)35-16-7-5-2/h8-9,11-14,17H,4-7,10,15-16H2,1-3H3,(H,27,31)(H,28,32). The molecule has 0 spiro atoms. The van der Waals surface area contributed by atoms with Gasteiger partial charge in [-0.05, 0) is 37.1 Å². The molecule has 0 radical (unpaired) electrons. The van der Waals surface area contributed by atoms with Crippen molar-refractivity contribution in [2.75, 3.05) is 13.7 Å². The Morgan fingerprint density at radius 3 is 2.34 bits per heavy atom. The first-order chi connectivity index (χ1) is 17.0. The van der Waals surface area contributed by atoms with Crippen LogP contribution in [0.2, 0.25) is 0 Å². The van der Waals surface area contributed by atoms with Gasteiger partial charge in [-0.2, -0.15) is 5.10 Å². The Morgan fingerprint density at radius 1 is 0.914 bits per heavy atom. The average molecular weight is 481 g/mol. The highest BCUT2D eigenvalue weighted by Crippen LogP contribution is 2.28. The van der Waals surface area contributed by atoms with Crippen LogP contribution in [-0.2, 0) is 6.54 Å². The molecule has 2 aromatic carbocycles. The Kier molecular flexibility index (Phi) is 9.23. The van der Waals surface area contributed by atoms with Crippen LogP contribution in [0.3, 0.4) is 0 Å². The number of aromatic nitrogens is 2. The van der Waals surface area contributed by atoms with Crippen LogP contribution in [0.1, 0.15) is 66.8 Å². The monoisotopic (exact) mass is 480 g/mol. The Labute approximate surface area is 204 Å². The third-order valence-electron chi connectivity index (χ3n) is 5.53. The summed E-state index contributed by atoms with van der Waals surface area (Å²) in [6.07, 6.45) is 4.64. The SMILES string of the molecule is CCCCCn1nc(C(=O)NNC(=O)c2ccc(OCCCC)c(OC)c2)c2ccccc2c1=O. The second-order valence-corrected chi connectivity index (χ2v) is 8.11. The molecule has 0 atom stereocenters. The third-order valence-corrected chi connectivity index (χ3v) is 5.53. The zero-order valence-electron chi connectivity index (χ0n) is 20.4. The maximum Gasteiger partial charge on any atom is 0.290 e. The summed E-state index contributed by atoms with van der Waals surface area (Å²) < 4.78 is 12.3. The van der Waals surface area contributed by atoms with Crippen molar-refractivity contribution in [1.82, 2.24) is 20.6 Å². The number of fused-ring (bicyclic) bond motifs is 1. The number of amides is 2. The molecule has 1 heterocycles. The highest BCUT2D eigenvalue weighted by Gasteiger charge is 2.18. The predicted molar refractivity (Wildman–Crippen MR) is 134 cm³/mol. The summed E-state index contributed by atoms with van der Waals surface area (Å²) in [5, 5.41) is 5.13. The number of hydrogen-bond acceptors (Lipinski definition) is 6. The number of nitrogens with one attached hydrogen (secondary N) is 2. The van der Waals surface area contributed by atoms with Gasteiger partial charge in [-0.25, -0.2) is 4.68 Å². The molecule has 0 aliphatic heterocycles. The molecule has 0 unspecified atom stereocenters. The van der Waals surface area contributed by atoms with Crippen molar-refractivity contribution in [3.05, 3.63) is 64.1 Å². The largest absolute Gasteiger partial charge is 0.493 e. The number of methoxy groups -OCH3 is 1. The van der Waals surface area contributed by atoms with Crippen molar-refractivity contribution in [2.24, 2.45) is 0 Å². The normalized spacial score (nSPS) is 10.7. The zero-order valence-corrected chi connectivity index (χ0v) is 20.4. The molecular formula is C26H32N4O5. The quantitative estimate of drug-likeness (QED) is 0.319. The number of carbonyl (C=O) groups excluding carboxylic acids is 2. The highest BCUT2D eigenvalue weighted by molar-refractivity contribution is 6.06. The molecular weight excluding hydrogens is 448 g/mol. The van der Waals surface area contributed by atoms with Gasteiger partial charge in [0.25, 0.3) is 17.4 Å². The summed E-state index contributed by atoms with van der Waals surface area (Å²) in [6.45, 7) is 5.11. The molecule has 2 amide bonds. The molecule has 3 aromatic rings. The van der Waals surface area contributed by atoms with E-state index >= 15 is 0 Å². The van der Waals surface area contributed by atoms with Gasteiger partial charge in [-0.15, -0.1) is 0 Å². The summed E-state index contributed by atoms with van der Waals surface area (Å²) in [7, 11) is 1.50. The third kappa shape index (κ3) is 6.38. The number of ether oxygens (including phenoxy) is 2. The molecule has 9 heteroatoms. The molecule has 0 bridgehead atoms. The van der Waals surface area contributed by atoms with Crippen molar-refractivity contribution in [2.45, 2.75) is 52.5 Å². The number of carbonyl (C=O) groups is 2. The van der Waals surface area contributed by atoms with E-state index in [9.17, 15) is 14.4 Å². The first-order valence-corrected chi connectivity index (χ1v) is 11.9. The van der Waals surface area contributed by atoms with Crippen LogP contribution in [0.4, 0.5) is 0 Å². The van der Waals surface area contributed by atoms with E-state index in [2.05, 4.69) is 29.8 Å². The first-order valence-electron chi connectivity index (χ1n) is 11.9. The van der Waals surface area contributed by atoms with E-state index in [4.69, 9.17) is 9.47 Å². The van der Waals surface area contributed by atoms with Gasteiger partial charge in [-0.3, -0.25) is 25.2 Å². The average Bonchev–Trinajstić information content (AvgIpc) is 2.88. The number of hydrazine groups is 1. The number of aryl methyl sites for hydroxylation is 1. The number of hydrogen-bond donors (Lipinski definition) is 2. The van der Waals surface area contributed by atoms with Crippen molar-refractivity contribution < 1.29 is 19.1 Å². The molecule has 0 fully saturated rings. The van der Waals surface area contributed by atoms with Crippen LogP contribution in [0.15, 0.2) is 47.3 Å². The molecule has 9 nitrogen and oxygen atoms in total. The molecule has 35 heavy (non-hydrogen) atoms. The smallest absolute Gasteiger partial charge is 0.290 e. The Hall–Kier alpha value is -3.88. The molecule has 1 aromatic heterocycles. The highest BCUT2D eigenvalue weighted by atomic mass is 16.5. The molecule has 0 saturated heterocycles. The summed E-state index contributed by atoms with van der Waals surface area (Å²) in [4.78, 5) is 38.4. The summed E-state index contributed by atoms with van der Waals surface area (Å²) in [5.41, 5.74) is 4.92. The minimum absolute atomic E-state index is 0.0641. The fourth-order valence-electron chi connectivity index (χ4n) is 3.57. The van der Waals surface area contributed by atoms with E-state index in [0.29, 0.717) is 35.4 Å². The maximum atomic E-state index is 13.0. The molecule has 186 valence electrons. The minimum Gasteiger partial charge on any atom is -0.493 e. The molecule has 3 rings (SSSR count). The Balaban J connectivity index is 1.76. The number of unbranched alkanes of at least 4 members (excludes halogenated alkanes) is 3. The van der Waals surface area contributed by atoms with Crippen molar-refractivity contribution in [3.63, 3.8) is 0 Å². The summed E-state index contributed by atoms with van der Waals surface area (Å²) in [5.74, 6) is -0.183. The zero-order chi connectivity index (χ0) is 25.2. The van der Waals surface area contributed by atoms with Crippen LogP contribution in [-0.4, -0.2) is 35.3 Å². The fraction of sp³-hybridized carbons (Fsp3) is 0.385. The van der Waals surface area contributed by atoms with Crippen molar-refractivity contribution in [1.29, 1.82) is 0 Å². The summed E-state index contributed by atoms with van der Waals surface area (Å²) >= 11 is 0. The summed E-state index contributed by atoms with van der Waals surface area (Å²) in [6, 6.07) is 11.6. The van der Waals surface area contributed by atoms with E-state index < -0.39 is 11.8 Å². The van der Waals surface area contributed by atoms with E-state index in [0.717, 1.165) is 32.1 Å². The van der Waals surface area contributed by atoms with E-state index in [1.54, 1.807) is 42.5 Å². The number of rotatable bonds is 11. The molecule has 0 aliphatic carbocycles. The second kappa shape index (κ2) is 12.5. The van der Waals surface area contributed by atoms with Gasteiger partial charge in [0, 0.05) is 17.5 Å². The van der Waals surface area contributed by atoms with Gasteiger partial charge in [0.1, 0.15) is 0 Å². The van der Waals surface area contributed by atoms with Crippen LogP contribution in [0, 0.1) is 0 Å². The van der Waals surface area contributed by atoms with Gasteiger partial charge >= 0.3 is 0 Å². The van der Waals surface area contributed by atoms with E-state index in [1.165, 1.54) is 11.8 Å². The van der Waals surface area contributed by atoms with E-state index in [-0.39, 0.29) is 16.8 Å². The van der Waals surface area contributed by atoms with Gasteiger partial charge in [0.2, 0.25) is 0 Å². The lowest BCUT2D eigenvalue weighted by Gasteiger charge is -2.13. The van der Waals surface area contributed by atoms with Gasteiger partial charge in [0.15, 0.2) is 17.2 Å². The van der Waals surface area contributed by atoms with Gasteiger partial charge in [-0.1, -0.05) is 51.3 Å². The molecule has 2 N–H and O–H groups in total. The van der Waals surface area contributed by atoms with E-state index in [1.807, 2.05) is 0 Å². The maximum absolute atomic E-state index is 13.0. The first kappa shape index (κ1) is 25.7. The number of nitrogens with zero attached hydrogens (tertiary/aromatic N) is 2. The van der Waals surface area contributed by atoms with Crippen molar-refractivity contribution in [3.8, 4) is 11.5 Å².